The van der Waals surface area contributed by atoms with Crippen molar-refractivity contribution in [2.75, 3.05) is 6.61 Å². The molecule has 4 N–H and O–H groups in total. The second-order valence-corrected chi connectivity index (χ2v) is 6.07. The number of hydrogen-bond donors (Lipinski definition) is 3. The Kier molecular flexibility index (Phi) is 8.56. The largest absolute Gasteiger partial charge is 0.395 e. The molecule has 0 saturated heterocycles. The Morgan fingerprint density at radius 2 is 2.00 bits per heavy atom. The minimum Gasteiger partial charge on any atom is -0.395 e. The highest BCUT2D eigenvalue weighted by atomic mass is 32.1. The summed E-state index contributed by atoms with van der Waals surface area (Å²) in [5.41, 5.74) is 5.61. The second-order valence-electron chi connectivity index (χ2n) is 4.96. The third-order valence-corrected chi connectivity index (χ3v) is 4.22. The monoisotopic (exact) mass is 295 g/mol. The smallest absolute Gasteiger partial charge is 0.105 e. The average Bonchev–Trinajstić information content (AvgIpc) is 2.93. The van der Waals surface area contributed by atoms with E-state index in [4.69, 9.17) is 10.8 Å². The topological polar surface area (TPSA) is 66.5 Å². The molecule has 20 heavy (non-hydrogen) atoms. The Hall–Kier alpha value is -0.860. The summed E-state index contributed by atoms with van der Waals surface area (Å²) < 4.78 is 0. The van der Waals surface area contributed by atoms with E-state index in [9.17, 15) is 5.11 Å². The highest BCUT2D eigenvalue weighted by Crippen LogP contribution is 2.24. The molecule has 0 amide bonds. The fourth-order valence-corrected chi connectivity index (χ4v) is 2.80. The fraction of sp³-hybridized carbons (Fsp3) is 0.625. The molecule has 4 heteroatoms. The highest BCUT2D eigenvalue weighted by Gasteiger charge is 2.17. The minimum absolute atomic E-state index is 0.224. The van der Waals surface area contributed by atoms with Crippen LogP contribution in [0.15, 0.2) is 12.1 Å². The van der Waals surface area contributed by atoms with E-state index >= 15 is 0 Å². The molecule has 0 aliphatic rings. The number of aliphatic hydroxyl groups excluding tert-OH is 2. The van der Waals surface area contributed by atoms with Gasteiger partial charge in [-0.3, -0.25) is 0 Å². The number of unbranched alkanes of at least 4 members (excludes halogenated alkanes) is 5. The molecule has 1 rings (SSSR count). The quantitative estimate of drug-likeness (QED) is 0.510. The van der Waals surface area contributed by atoms with E-state index in [0.29, 0.717) is 0 Å². The molecule has 112 valence electrons. The molecule has 0 aromatic carbocycles. The van der Waals surface area contributed by atoms with Crippen molar-refractivity contribution in [3.05, 3.63) is 21.9 Å². The van der Waals surface area contributed by atoms with E-state index in [1.165, 1.54) is 37.0 Å². The van der Waals surface area contributed by atoms with Gasteiger partial charge in [-0.25, -0.2) is 0 Å². The fourth-order valence-electron chi connectivity index (χ4n) is 1.86. The van der Waals surface area contributed by atoms with Crippen molar-refractivity contribution in [3.63, 3.8) is 0 Å². The predicted molar refractivity (Wildman–Crippen MR) is 84.6 cm³/mol. The molecule has 1 aromatic heterocycles. The van der Waals surface area contributed by atoms with Crippen molar-refractivity contribution in [3.8, 4) is 11.8 Å². The third-order valence-electron chi connectivity index (χ3n) is 3.15. The Bertz CT molecular complexity index is 433. The Labute approximate surface area is 125 Å². The van der Waals surface area contributed by atoms with Crippen LogP contribution in [0.4, 0.5) is 0 Å². The maximum absolute atomic E-state index is 9.87. The summed E-state index contributed by atoms with van der Waals surface area (Å²) in [5, 5.41) is 18.8. The summed E-state index contributed by atoms with van der Waals surface area (Å²) in [4.78, 5) is 1.71. The van der Waals surface area contributed by atoms with Crippen molar-refractivity contribution in [1.82, 2.24) is 0 Å². The zero-order chi connectivity index (χ0) is 14.8. The molecule has 0 aliphatic carbocycles. The van der Waals surface area contributed by atoms with Gasteiger partial charge in [0.05, 0.1) is 17.5 Å². The predicted octanol–water partition coefficient (Wildman–Crippen LogP) is 2.81. The first kappa shape index (κ1) is 17.2. The van der Waals surface area contributed by atoms with Gasteiger partial charge in [0, 0.05) is 11.3 Å². The molecule has 0 aliphatic heterocycles. The summed E-state index contributed by atoms with van der Waals surface area (Å²) in [7, 11) is 0. The first-order chi connectivity index (χ1) is 9.69. The number of hydrogen-bond acceptors (Lipinski definition) is 4. The van der Waals surface area contributed by atoms with Crippen LogP contribution in [0.25, 0.3) is 0 Å². The molecule has 2 atom stereocenters. The van der Waals surface area contributed by atoms with E-state index < -0.39 is 12.1 Å². The second kappa shape index (κ2) is 9.95. The maximum Gasteiger partial charge on any atom is 0.105 e. The van der Waals surface area contributed by atoms with Crippen LogP contribution in [0.3, 0.4) is 0 Å². The maximum atomic E-state index is 9.87. The van der Waals surface area contributed by atoms with E-state index in [-0.39, 0.29) is 6.61 Å². The Morgan fingerprint density at radius 3 is 2.70 bits per heavy atom. The summed E-state index contributed by atoms with van der Waals surface area (Å²) in [6.45, 7) is 1.99. The van der Waals surface area contributed by atoms with E-state index in [2.05, 4.69) is 18.8 Å². The average molecular weight is 295 g/mol. The molecular weight excluding hydrogens is 270 g/mol. The standard InChI is InChI=1S/C16H25NO2S/c1-2-3-4-5-6-7-8-9-13-10-11-15(20-13)16(19)14(17)12-18/h10-11,14,16,18-19H,2-7,12,17H2,1H3. The normalized spacial score (nSPS) is 13.6. The highest BCUT2D eigenvalue weighted by molar-refractivity contribution is 7.12. The van der Waals surface area contributed by atoms with Crippen LogP contribution in [0, 0.1) is 11.8 Å². The van der Waals surface area contributed by atoms with E-state index in [1.54, 1.807) is 0 Å². The zero-order valence-corrected chi connectivity index (χ0v) is 13.0. The summed E-state index contributed by atoms with van der Waals surface area (Å²) >= 11 is 1.44. The SMILES string of the molecule is CCCCCCCC#Cc1ccc(C(O)C(N)CO)s1. The summed E-state index contributed by atoms with van der Waals surface area (Å²) in [5.74, 6) is 6.29. The van der Waals surface area contributed by atoms with Gasteiger partial charge in [0.2, 0.25) is 0 Å². The van der Waals surface area contributed by atoms with Crippen molar-refractivity contribution < 1.29 is 10.2 Å². The van der Waals surface area contributed by atoms with E-state index in [0.717, 1.165) is 22.6 Å². The van der Waals surface area contributed by atoms with Gasteiger partial charge in [-0.2, -0.15) is 0 Å². The van der Waals surface area contributed by atoms with Crippen LogP contribution in [0.2, 0.25) is 0 Å². The van der Waals surface area contributed by atoms with Gasteiger partial charge in [0.25, 0.3) is 0 Å². The molecule has 1 aromatic rings. The summed E-state index contributed by atoms with van der Waals surface area (Å²) in [6, 6.07) is 3.10. The van der Waals surface area contributed by atoms with Gasteiger partial charge in [-0.15, -0.1) is 11.3 Å². The lowest BCUT2D eigenvalue weighted by Crippen LogP contribution is -2.31. The van der Waals surface area contributed by atoms with Crippen LogP contribution in [0.1, 0.15) is 61.3 Å². The van der Waals surface area contributed by atoms with Crippen molar-refractivity contribution in [1.29, 1.82) is 0 Å². The molecule has 0 fully saturated rings. The van der Waals surface area contributed by atoms with Gasteiger partial charge < -0.3 is 15.9 Å². The molecule has 0 radical (unpaired) electrons. The van der Waals surface area contributed by atoms with Crippen molar-refractivity contribution in [2.45, 2.75) is 57.6 Å². The van der Waals surface area contributed by atoms with Gasteiger partial charge in [-0.05, 0) is 18.6 Å². The Morgan fingerprint density at radius 1 is 1.25 bits per heavy atom. The third kappa shape index (κ3) is 6.06. The molecule has 1 heterocycles. The molecule has 3 nitrogen and oxygen atoms in total. The zero-order valence-electron chi connectivity index (χ0n) is 12.1. The Balaban J connectivity index is 2.37. The molecule has 0 spiro atoms. The molecular formula is C16H25NO2S. The minimum atomic E-state index is -0.811. The lowest BCUT2D eigenvalue weighted by atomic mass is 10.1. The van der Waals surface area contributed by atoms with Gasteiger partial charge in [-0.1, -0.05) is 44.4 Å². The molecule has 0 bridgehead atoms. The van der Waals surface area contributed by atoms with Crippen LogP contribution in [0.5, 0.6) is 0 Å². The molecule has 0 saturated carbocycles. The number of rotatable bonds is 8. The van der Waals surface area contributed by atoms with Crippen LogP contribution in [-0.2, 0) is 0 Å². The number of nitrogens with two attached hydrogens (primary N) is 1. The number of thiophene rings is 1. The van der Waals surface area contributed by atoms with E-state index in [1.807, 2.05) is 12.1 Å². The van der Waals surface area contributed by atoms with Crippen molar-refractivity contribution >= 4 is 11.3 Å². The van der Waals surface area contributed by atoms with Crippen molar-refractivity contribution in [2.24, 2.45) is 5.73 Å². The van der Waals surface area contributed by atoms with Crippen LogP contribution in [-0.4, -0.2) is 22.9 Å². The first-order valence-electron chi connectivity index (χ1n) is 7.32. The summed E-state index contributed by atoms with van der Waals surface area (Å²) in [6.07, 6.45) is 6.40. The molecule has 2 unspecified atom stereocenters. The first-order valence-corrected chi connectivity index (χ1v) is 8.13. The lowest BCUT2D eigenvalue weighted by molar-refractivity contribution is 0.112. The van der Waals surface area contributed by atoms with Crippen LogP contribution < -0.4 is 5.73 Å². The lowest BCUT2D eigenvalue weighted by Gasteiger charge is -2.14. The van der Waals surface area contributed by atoms with Crippen LogP contribution >= 0.6 is 11.3 Å². The van der Waals surface area contributed by atoms with Gasteiger partial charge in [0.1, 0.15) is 6.10 Å². The number of aliphatic hydroxyl groups is 2. The van der Waals surface area contributed by atoms with Gasteiger partial charge >= 0.3 is 0 Å². The van der Waals surface area contributed by atoms with Gasteiger partial charge in [0.15, 0.2) is 0 Å².